The second-order valence-electron chi connectivity index (χ2n) is 6.11. The van der Waals surface area contributed by atoms with Crippen LogP contribution in [0.1, 0.15) is 25.8 Å². The average Bonchev–Trinajstić information content (AvgIpc) is 2.54. The lowest BCUT2D eigenvalue weighted by Gasteiger charge is -2.30. The van der Waals surface area contributed by atoms with E-state index in [1.54, 1.807) is 18.2 Å². The monoisotopic (exact) mass is 362 g/mol. The van der Waals surface area contributed by atoms with E-state index in [0.717, 1.165) is 11.1 Å². The molecule has 0 aliphatic carbocycles. The van der Waals surface area contributed by atoms with Crippen molar-refractivity contribution in [1.82, 2.24) is 10.9 Å². The van der Waals surface area contributed by atoms with Gasteiger partial charge in [0.05, 0.1) is 13.2 Å². The van der Waals surface area contributed by atoms with Crippen molar-refractivity contribution < 1.29 is 17.9 Å². The van der Waals surface area contributed by atoms with Crippen molar-refractivity contribution in [2.45, 2.75) is 31.2 Å². The lowest BCUT2D eigenvalue weighted by atomic mass is 9.90. The molecule has 6 nitrogen and oxygen atoms in total. The van der Waals surface area contributed by atoms with Gasteiger partial charge in [-0.15, -0.1) is 6.42 Å². The molecule has 1 aliphatic heterocycles. The van der Waals surface area contributed by atoms with Gasteiger partial charge in [-0.3, -0.25) is 10.2 Å². The van der Waals surface area contributed by atoms with E-state index in [9.17, 15) is 13.2 Å². The molecule has 1 fully saturated rings. The van der Waals surface area contributed by atoms with Gasteiger partial charge >= 0.3 is 0 Å². The smallest absolute Gasteiger partial charge is 0.234 e. The first-order valence-corrected chi connectivity index (χ1v) is 9.50. The number of sulfone groups is 1. The maximum atomic E-state index is 12.3. The van der Waals surface area contributed by atoms with Crippen LogP contribution in [0, 0.1) is 18.3 Å². The summed E-state index contributed by atoms with van der Waals surface area (Å²) in [6.45, 7) is 3.93. The summed E-state index contributed by atoms with van der Waals surface area (Å²) in [6.07, 6.45) is 7.49. The van der Waals surface area contributed by atoms with Crippen LogP contribution in [-0.2, 0) is 14.6 Å². The van der Waals surface area contributed by atoms with Gasteiger partial charge in [0.15, 0.2) is 9.84 Å². The van der Waals surface area contributed by atoms with E-state index in [1.807, 2.05) is 19.9 Å². The van der Waals surface area contributed by atoms with Crippen molar-refractivity contribution in [3.63, 3.8) is 0 Å². The molecule has 2 atom stereocenters. The van der Waals surface area contributed by atoms with Gasteiger partial charge in [0.25, 0.3) is 0 Å². The van der Waals surface area contributed by atoms with Gasteiger partial charge in [0.1, 0.15) is 16.4 Å². The zero-order chi connectivity index (χ0) is 18.6. The van der Waals surface area contributed by atoms with E-state index >= 15 is 0 Å². The number of nitrogens with one attached hydrogen (secondary N) is 2. The normalized spacial score (nSPS) is 21.4. The van der Waals surface area contributed by atoms with E-state index in [1.165, 1.54) is 7.11 Å². The number of hydrogen-bond donors (Lipinski definition) is 2. The number of rotatable bonds is 5. The van der Waals surface area contributed by atoms with Crippen molar-refractivity contribution in [3.05, 3.63) is 29.3 Å². The summed E-state index contributed by atoms with van der Waals surface area (Å²) >= 11 is 0. The fourth-order valence-corrected chi connectivity index (χ4v) is 4.04. The van der Waals surface area contributed by atoms with Crippen molar-refractivity contribution in [2.24, 2.45) is 5.92 Å². The minimum Gasteiger partial charge on any atom is -0.495 e. The molecular formula is C18H22N2O4S. The molecule has 134 valence electrons. The summed E-state index contributed by atoms with van der Waals surface area (Å²) in [7, 11) is -2.20. The SMILES string of the molecule is C#CCS(=O)(=O)c1cc(/C=C(\C)C2NNC(=O)CC2C)ccc1OC. The van der Waals surface area contributed by atoms with E-state index in [4.69, 9.17) is 11.2 Å². The molecule has 0 saturated carbocycles. The first-order chi connectivity index (χ1) is 11.8. The summed E-state index contributed by atoms with van der Waals surface area (Å²) in [5.41, 5.74) is 7.33. The predicted octanol–water partition coefficient (Wildman–Crippen LogP) is 1.53. The average molecular weight is 362 g/mol. The molecule has 1 aromatic carbocycles. The van der Waals surface area contributed by atoms with Gasteiger partial charge in [0.2, 0.25) is 5.91 Å². The molecule has 7 heteroatoms. The fraction of sp³-hybridized carbons (Fsp3) is 0.389. The predicted molar refractivity (Wildman–Crippen MR) is 96.4 cm³/mol. The van der Waals surface area contributed by atoms with Crippen molar-refractivity contribution >= 4 is 21.8 Å². The molecule has 1 amide bonds. The zero-order valence-corrected chi connectivity index (χ0v) is 15.3. The molecule has 2 N–H and O–H groups in total. The van der Waals surface area contributed by atoms with Crippen molar-refractivity contribution in [2.75, 3.05) is 12.9 Å². The van der Waals surface area contributed by atoms with Crippen LogP contribution in [0.3, 0.4) is 0 Å². The Kier molecular flexibility index (Phi) is 5.88. The molecule has 1 aromatic rings. The highest BCUT2D eigenvalue weighted by Gasteiger charge is 2.26. The molecule has 2 unspecified atom stereocenters. The fourth-order valence-electron chi connectivity index (χ4n) is 2.89. The first-order valence-electron chi connectivity index (χ1n) is 7.85. The number of ether oxygens (including phenoxy) is 1. The Morgan fingerprint density at radius 1 is 1.48 bits per heavy atom. The topological polar surface area (TPSA) is 84.5 Å². The van der Waals surface area contributed by atoms with Crippen LogP contribution >= 0.6 is 0 Å². The van der Waals surface area contributed by atoms with Crippen LogP contribution in [0.4, 0.5) is 0 Å². The molecular weight excluding hydrogens is 340 g/mol. The highest BCUT2D eigenvalue weighted by atomic mass is 32.2. The molecule has 0 radical (unpaired) electrons. The molecule has 0 bridgehead atoms. The van der Waals surface area contributed by atoms with Crippen LogP contribution in [0.2, 0.25) is 0 Å². The number of hydrogen-bond acceptors (Lipinski definition) is 5. The lowest BCUT2D eigenvalue weighted by molar-refractivity contribution is -0.125. The number of terminal acetylenes is 1. The highest BCUT2D eigenvalue weighted by molar-refractivity contribution is 7.91. The maximum absolute atomic E-state index is 12.3. The Labute approximate surface area is 148 Å². The standard InChI is InChI=1S/C18H22N2O4S/c1-5-8-25(22,23)16-11-14(6-7-15(16)24-4)9-12(2)18-13(3)10-17(21)19-20-18/h1,6-7,9,11,13,18,20H,8,10H2,2-4H3,(H,19,21)/b12-9+. The third-order valence-electron chi connectivity index (χ3n) is 4.12. The summed E-state index contributed by atoms with van der Waals surface area (Å²) in [5, 5.41) is 0. The van der Waals surface area contributed by atoms with Crippen molar-refractivity contribution in [3.8, 4) is 18.1 Å². The van der Waals surface area contributed by atoms with Crippen LogP contribution < -0.4 is 15.6 Å². The molecule has 1 aliphatic rings. The minimum absolute atomic E-state index is 0.0226. The quantitative estimate of drug-likeness (QED) is 0.776. The third-order valence-corrected chi connectivity index (χ3v) is 5.66. The Morgan fingerprint density at radius 2 is 2.20 bits per heavy atom. The van der Waals surface area contributed by atoms with Gasteiger partial charge in [-0.25, -0.2) is 13.8 Å². The van der Waals surface area contributed by atoms with Crippen molar-refractivity contribution in [1.29, 1.82) is 0 Å². The molecule has 2 rings (SSSR count). The number of benzene rings is 1. The van der Waals surface area contributed by atoms with Crippen LogP contribution in [0.25, 0.3) is 6.08 Å². The van der Waals surface area contributed by atoms with E-state index < -0.39 is 9.84 Å². The Balaban J connectivity index is 2.37. The molecule has 1 heterocycles. The molecule has 0 spiro atoms. The van der Waals surface area contributed by atoms with Crippen LogP contribution in [0.15, 0.2) is 28.7 Å². The number of carbonyl (C=O) groups excluding carboxylic acids is 1. The number of methoxy groups -OCH3 is 1. The minimum atomic E-state index is -3.62. The summed E-state index contributed by atoms with van der Waals surface area (Å²) < 4.78 is 29.8. The van der Waals surface area contributed by atoms with Gasteiger partial charge < -0.3 is 4.74 Å². The Hall–Kier alpha value is -2.30. The van der Waals surface area contributed by atoms with Gasteiger partial charge in [-0.05, 0) is 30.5 Å². The van der Waals surface area contributed by atoms with E-state index in [-0.39, 0.29) is 34.3 Å². The number of carbonyl (C=O) groups is 1. The van der Waals surface area contributed by atoms with Gasteiger partial charge in [-0.2, -0.15) is 0 Å². The molecule has 0 aromatic heterocycles. The Bertz CT molecular complexity index is 837. The van der Waals surface area contributed by atoms with E-state index in [2.05, 4.69) is 16.8 Å². The second kappa shape index (κ2) is 7.72. The summed E-state index contributed by atoms with van der Waals surface area (Å²) in [6, 6.07) is 4.93. The van der Waals surface area contributed by atoms with E-state index in [0.29, 0.717) is 6.42 Å². The van der Waals surface area contributed by atoms with Gasteiger partial charge in [0, 0.05) is 6.42 Å². The van der Waals surface area contributed by atoms with Gasteiger partial charge in [-0.1, -0.05) is 30.6 Å². The third kappa shape index (κ3) is 4.41. The number of hydrazine groups is 1. The zero-order valence-electron chi connectivity index (χ0n) is 14.5. The highest BCUT2D eigenvalue weighted by Crippen LogP contribution is 2.28. The second-order valence-corrected chi connectivity index (χ2v) is 8.07. The largest absolute Gasteiger partial charge is 0.495 e. The lowest BCUT2D eigenvalue weighted by Crippen LogP contribution is -2.53. The van der Waals surface area contributed by atoms with Crippen LogP contribution in [-0.4, -0.2) is 33.2 Å². The summed E-state index contributed by atoms with van der Waals surface area (Å²) in [4.78, 5) is 11.5. The molecule has 25 heavy (non-hydrogen) atoms. The summed E-state index contributed by atoms with van der Waals surface area (Å²) in [5.74, 6) is 2.14. The van der Waals surface area contributed by atoms with Crippen LogP contribution in [0.5, 0.6) is 5.75 Å². The Morgan fingerprint density at radius 3 is 2.80 bits per heavy atom. The first kappa shape index (κ1) is 19.0. The number of amides is 1. The molecule has 1 saturated heterocycles. The maximum Gasteiger partial charge on any atom is 0.234 e.